The first kappa shape index (κ1) is 14.5. The Balaban J connectivity index is 1.91. The van der Waals surface area contributed by atoms with Crippen molar-refractivity contribution in [3.8, 4) is 0 Å². The minimum atomic E-state index is 0.00112. The Hall–Kier alpha value is -2.47. The maximum atomic E-state index is 12.6. The average Bonchev–Trinajstić information content (AvgIpc) is 3.04. The number of hydrogen-bond donors (Lipinski definition) is 0. The highest BCUT2D eigenvalue weighted by atomic mass is 16.5. The van der Waals surface area contributed by atoms with Gasteiger partial charge in [-0.05, 0) is 33.0 Å². The van der Waals surface area contributed by atoms with E-state index in [4.69, 9.17) is 9.05 Å². The van der Waals surface area contributed by atoms with Crippen molar-refractivity contribution in [3.63, 3.8) is 0 Å². The van der Waals surface area contributed by atoms with Crippen LogP contribution in [-0.4, -0.2) is 41.1 Å². The summed E-state index contributed by atoms with van der Waals surface area (Å²) in [4.78, 5) is 14.7. The highest BCUT2D eigenvalue weighted by Gasteiger charge is 2.24. The van der Waals surface area contributed by atoms with Gasteiger partial charge in [0.25, 0.3) is 0 Å². The molecule has 0 aliphatic carbocycles. The smallest absolute Gasteiger partial charge is 0.187 e. The lowest BCUT2D eigenvalue weighted by molar-refractivity contribution is -0.113. The second-order valence-electron chi connectivity index (χ2n) is 5.58. The Morgan fingerprint density at radius 3 is 1.82 bits per heavy atom. The third kappa shape index (κ3) is 3.07. The predicted molar refractivity (Wildman–Crippen MR) is 80.9 cm³/mol. The number of piperidine rings is 1. The summed E-state index contributed by atoms with van der Waals surface area (Å²) in [5.41, 5.74) is 2.92. The SMILES string of the molecule is Cc1cc(/C=C2\CN(C)C/C(=C\c3cc(C)no3)C2=O)on1. The third-order valence-corrected chi connectivity index (χ3v) is 3.39. The number of carbonyl (C=O) groups is 1. The highest BCUT2D eigenvalue weighted by Crippen LogP contribution is 2.21. The molecule has 114 valence electrons. The van der Waals surface area contributed by atoms with Gasteiger partial charge in [0.15, 0.2) is 17.3 Å². The first-order valence-corrected chi connectivity index (χ1v) is 7.02. The monoisotopic (exact) mass is 299 g/mol. The topological polar surface area (TPSA) is 72.4 Å². The van der Waals surface area contributed by atoms with E-state index in [2.05, 4.69) is 15.2 Å². The van der Waals surface area contributed by atoms with Crippen molar-refractivity contribution in [2.24, 2.45) is 0 Å². The Labute approximate surface area is 128 Å². The molecule has 1 saturated heterocycles. The maximum Gasteiger partial charge on any atom is 0.187 e. The minimum Gasteiger partial charge on any atom is -0.357 e. The van der Waals surface area contributed by atoms with Gasteiger partial charge in [0.05, 0.1) is 11.4 Å². The molecule has 0 atom stereocenters. The molecular formula is C16H17N3O3. The van der Waals surface area contributed by atoms with Gasteiger partial charge in [-0.3, -0.25) is 9.69 Å². The fourth-order valence-corrected chi connectivity index (χ4v) is 2.46. The second-order valence-corrected chi connectivity index (χ2v) is 5.58. The predicted octanol–water partition coefficient (Wildman–Crippen LogP) is 2.26. The number of aryl methyl sites for hydroxylation is 2. The van der Waals surface area contributed by atoms with Gasteiger partial charge in [-0.1, -0.05) is 10.3 Å². The van der Waals surface area contributed by atoms with E-state index in [0.717, 1.165) is 11.4 Å². The molecule has 1 fully saturated rings. The van der Waals surface area contributed by atoms with Gasteiger partial charge in [-0.2, -0.15) is 0 Å². The molecule has 0 bridgehead atoms. The van der Waals surface area contributed by atoms with Gasteiger partial charge in [0, 0.05) is 36.4 Å². The molecule has 0 radical (unpaired) electrons. The fraction of sp³-hybridized carbons (Fsp3) is 0.312. The van der Waals surface area contributed by atoms with Crippen molar-refractivity contribution >= 4 is 17.9 Å². The number of ketones is 1. The van der Waals surface area contributed by atoms with Crippen LogP contribution in [0.5, 0.6) is 0 Å². The van der Waals surface area contributed by atoms with Gasteiger partial charge in [0.1, 0.15) is 0 Å². The van der Waals surface area contributed by atoms with Gasteiger partial charge < -0.3 is 9.05 Å². The highest BCUT2D eigenvalue weighted by molar-refractivity contribution is 6.14. The Morgan fingerprint density at radius 2 is 1.45 bits per heavy atom. The molecule has 6 nitrogen and oxygen atoms in total. The number of Topliss-reactive ketones (excluding diaryl/α,β-unsaturated/α-hetero) is 1. The van der Waals surface area contributed by atoms with Crippen LogP contribution in [0.1, 0.15) is 22.9 Å². The van der Waals surface area contributed by atoms with Crippen LogP contribution in [0.3, 0.4) is 0 Å². The molecule has 6 heteroatoms. The molecule has 0 spiro atoms. The van der Waals surface area contributed by atoms with E-state index in [0.29, 0.717) is 35.8 Å². The Morgan fingerprint density at radius 1 is 1.00 bits per heavy atom. The molecule has 0 unspecified atom stereocenters. The molecule has 0 saturated carbocycles. The van der Waals surface area contributed by atoms with Crippen LogP contribution >= 0.6 is 0 Å². The normalized spacial score (nSPS) is 20.2. The van der Waals surface area contributed by atoms with E-state index < -0.39 is 0 Å². The number of carbonyl (C=O) groups excluding carboxylic acids is 1. The van der Waals surface area contributed by atoms with Crippen LogP contribution in [0.25, 0.3) is 12.2 Å². The van der Waals surface area contributed by atoms with Gasteiger partial charge in [-0.15, -0.1) is 0 Å². The number of hydrogen-bond acceptors (Lipinski definition) is 6. The van der Waals surface area contributed by atoms with Crippen molar-refractivity contribution in [1.29, 1.82) is 0 Å². The molecule has 3 rings (SSSR count). The first-order valence-electron chi connectivity index (χ1n) is 7.02. The molecule has 3 heterocycles. The van der Waals surface area contributed by atoms with Crippen LogP contribution in [-0.2, 0) is 4.79 Å². The molecule has 1 aliphatic rings. The van der Waals surface area contributed by atoms with Gasteiger partial charge >= 0.3 is 0 Å². The number of likely N-dealkylation sites (N-methyl/N-ethyl adjacent to an activating group) is 1. The van der Waals surface area contributed by atoms with Crippen molar-refractivity contribution in [2.75, 3.05) is 20.1 Å². The summed E-state index contributed by atoms with van der Waals surface area (Å²) >= 11 is 0. The molecular weight excluding hydrogens is 282 g/mol. The lowest BCUT2D eigenvalue weighted by Gasteiger charge is -2.25. The van der Waals surface area contributed by atoms with Crippen LogP contribution in [0, 0.1) is 13.8 Å². The van der Waals surface area contributed by atoms with Crippen LogP contribution in [0.15, 0.2) is 32.3 Å². The van der Waals surface area contributed by atoms with E-state index in [1.807, 2.05) is 20.9 Å². The summed E-state index contributed by atoms with van der Waals surface area (Å²) in [5, 5.41) is 7.67. The second kappa shape index (κ2) is 5.73. The molecule has 0 aromatic carbocycles. The zero-order valence-electron chi connectivity index (χ0n) is 12.8. The number of rotatable bonds is 2. The van der Waals surface area contributed by atoms with Gasteiger partial charge in [-0.25, -0.2) is 0 Å². The largest absolute Gasteiger partial charge is 0.357 e. The quantitative estimate of drug-likeness (QED) is 0.792. The molecule has 2 aromatic rings. The first-order chi connectivity index (χ1) is 10.5. The lowest BCUT2D eigenvalue weighted by atomic mass is 9.96. The van der Waals surface area contributed by atoms with E-state index >= 15 is 0 Å². The van der Waals surface area contributed by atoms with Crippen molar-refractivity contribution in [2.45, 2.75) is 13.8 Å². The summed E-state index contributed by atoms with van der Waals surface area (Å²) < 4.78 is 10.3. The summed E-state index contributed by atoms with van der Waals surface area (Å²) in [7, 11) is 1.96. The molecule has 0 N–H and O–H groups in total. The van der Waals surface area contributed by atoms with Crippen LogP contribution in [0.2, 0.25) is 0 Å². The lowest BCUT2D eigenvalue weighted by Crippen LogP contribution is -2.34. The number of aromatic nitrogens is 2. The number of likely N-dealkylation sites (tertiary alicyclic amines) is 1. The zero-order valence-corrected chi connectivity index (χ0v) is 12.8. The van der Waals surface area contributed by atoms with E-state index in [1.165, 1.54) is 0 Å². The average molecular weight is 299 g/mol. The van der Waals surface area contributed by atoms with Crippen LogP contribution in [0.4, 0.5) is 0 Å². The van der Waals surface area contributed by atoms with Crippen LogP contribution < -0.4 is 0 Å². The maximum absolute atomic E-state index is 12.6. The Kier molecular flexibility index (Phi) is 3.77. The summed E-state index contributed by atoms with van der Waals surface area (Å²) in [5.74, 6) is 1.18. The summed E-state index contributed by atoms with van der Waals surface area (Å²) in [6.07, 6.45) is 3.49. The molecule has 1 aliphatic heterocycles. The number of nitrogens with zero attached hydrogens (tertiary/aromatic N) is 3. The molecule has 0 amide bonds. The molecule has 2 aromatic heterocycles. The fourth-order valence-electron chi connectivity index (χ4n) is 2.46. The van der Waals surface area contributed by atoms with Gasteiger partial charge in [0.2, 0.25) is 0 Å². The van der Waals surface area contributed by atoms with E-state index in [1.54, 1.807) is 24.3 Å². The summed E-state index contributed by atoms with van der Waals surface area (Å²) in [6, 6.07) is 3.61. The van der Waals surface area contributed by atoms with E-state index in [9.17, 15) is 4.79 Å². The standard InChI is InChI=1S/C16H17N3O3/c1-10-4-14(21-17-10)6-12-8-19(3)9-13(16(12)20)7-15-5-11(2)18-22-15/h4-7H,8-9H2,1-3H3/b12-6+,13-7+. The van der Waals surface area contributed by atoms with Crippen molar-refractivity contribution in [3.05, 3.63) is 46.2 Å². The van der Waals surface area contributed by atoms with Crippen molar-refractivity contribution < 1.29 is 13.8 Å². The van der Waals surface area contributed by atoms with Crippen molar-refractivity contribution in [1.82, 2.24) is 15.2 Å². The summed E-state index contributed by atoms with van der Waals surface area (Å²) in [6.45, 7) is 4.84. The van der Waals surface area contributed by atoms with E-state index in [-0.39, 0.29) is 5.78 Å². The third-order valence-electron chi connectivity index (χ3n) is 3.39. The molecule has 22 heavy (non-hydrogen) atoms. The minimum absolute atomic E-state index is 0.00112. The Bertz CT molecular complexity index is 705. The zero-order chi connectivity index (χ0) is 15.7.